The van der Waals surface area contributed by atoms with Gasteiger partial charge in [0.1, 0.15) is 0 Å². The maximum absolute atomic E-state index is 11.5. The van der Waals surface area contributed by atoms with Gasteiger partial charge in [-0.05, 0) is 29.7 Å². The molecular weight excluding hydrogens is 468 g/mol. The summed E-state index contributed by atoms with van der Waals surface area (Å²) in [5.41, 5.74) is 2.99. The van der Waals surface area contributed by atoms with Crippen molar-refractivity contribution in [3.63, 3.8) is 0 Å². The number of halogens is 1. The molecule has 4 rings (SSSR count). The molecule has 3 aromatic carbocycles. The van der Waals surface area contributed by atoms with Gasteiger partial charge in [-0.1, -0.05) is 88.7 Å². The highest BCUT2D eigenvalue weighted by molar-refractivity contribution is 9.10. The predicted octanol–water partition coefficient (Wildman–Crippen LogP) is 5.97. The Morgan fingerprint density at radius 3 is 2.28 bits per heavy atom. The summed E-state index contributed by atoms with van der Waals surface area (Å²) in [6.45, 7) is 1.63. The summed E-state index contributed by atoms with van der Waals surface area (Å²) in [5, 5.41) is 11.5. The van der Waals surface area contributed by atoms with E-state index in [-0.39, 0.29) is 12.2 Å². The summed E-state index contributed by atoms with van der Waals surface area (Å²) in [5.74, 6) is -1.40. The van der Waals surface area contributed by atoms with Crippen LogP contribution in [0, 0.1) is 0 Å². The van der Waals surface area contributed by atoms with Gasteiger partial charge < -0.3 is 19.3 Å². The summed E-state index contributed by atoms with van der Waals surface area (Å²) in [4.78, 5) is 0. The summed E-state index contributed by atoms with van der Waals surface area (Å²) >= 11 is 3.50. The van der Waals surface area contributed by atoms with E-state index in [2.05, 4.69) is 40.2 Å². The van der Waals surface area contributed by atoms with Crippen LogP contribution >= 0.6 is 15.9 Å². The van der Waals surface area contributed by atoms with Crippen LogP contribution in [0.15, 0.2) is 89.4 Å². The second-order valence-electron chi connectivity index (χ2n) is 8.22. The average Bonchev–Trinajstić information content (AvgIpc) is 2.82. The number of benzene rings is 3. The molecule has 1 unspecified atom stereocenters. The number of hydrogen-bond acceptors (Lipinski definition) is 4. The van der Waals surface area contributed by atoms with E-state index in [9.17, 15) is 5.11 Å². The Labute approximate surface area is 198 Å². The molecule has 4 nitrogen and oxygen atoms in total. The van der Waals surface area contributed by atoms with Crippen LogP contribution in [-0.4, -0.2) is 23.9 Å². The molecule has 0 bridgehead atoms. The molecule has 1 aliphatic heterocycles. The molecule has 168 valence electrons. The molecule has 3 atom stereocenters. The Kier molecular flexibility index (Phi) is 8.11. The van der Waals surface area contributed by atoms with Crippen LogP contribution in [0.5, 0.6) is 0 Å². The molecule has 1 saturated heterocycles. The van der Waals surface area contributed by atoms with Crippen molar-refractivity contribution in [3.8, 4) is 0 Å². The molecule has 1 heterocycles. The fraction of sp³-hybridized carbons (Fsp3) is 0.333. The van der Waals surface area contributed by atoms with E-state index in [0.717, 1.165) is 27.6 Å². The van der Waals surface area contributed by atoms with Gasteiger partial charge in [0.25, 0.3) is 0 Å². The van der Waals surface area contributed by atoms with Gasteiger partial charge in [0.05, 0.1) is 25.4 Å². The lowest BCUT2D eigenvalue weighted by molar-refractivity contribution is -0.288. The minimum Gasteiger partial charge on any atom is -0.377 e. The topological polar surface area (TPSA) is 47.9 Å². The van der Waals surface area contributed by atoms with Crippen molar-refractivity contribution in [1.82, 2.24) is 0 Å². The maximum Gasteiger partial charge on any atom is 0.195 e. The zero-order valence-electron chi connectivity index (χ0n) is 18.0. The van der Waals surface area contributed by atoms with E-state index < -0.39 is 5.79 Å². The molecule has 0 aliphatic carbocycles. The summed E-state index contributed by atoms with van der Waals surface area (Å²) in [6, 6.07) is 27.9. The van der Waals surface area contributed by atoms with Crippen molar-refractivity contribution in [2.24, 2.45) is 0 Å². The second kappa shape index (κ2) is 11.2. The third-order valence-corrected chi connectivity index (χ3v) is 6.18. The van der Waals surface area contributed by atoms with Crippen molar-refractivity contribution in [1.29, 1.82) is 0 Å². The van der Waals surface area contributed by atoms with Gasteiger partial charge in [0.2, 0.25) is 0 Å². The molecule has 3 aromatic rings. The maximum atomic E-state index is 11.5. The van der Waals surface area contributed by atoms with Gasteiger partial charge in [0.15, 0.2) is 5.79 Å². The summed E-state index contributed by atoms with van der Waals surface area (Å²) in [6.07, 6.45) is 1.51. The number of hydrogen-bond donors (Lipinski definition) is 1. The lowest BCUT2D eigenvalue weighted by Crippen LogP contribution is -2.45. The number of ether oxygens (including phenoxy) is 3. The van der Waals surface area contributed by atoms with Gasteiger partial charge in [-0.25, -0.2) is 0 Å². The molecule has 0 aromatic heterocycles. The van der Waals surface area contributed by atoms with Crippen LogP contribution in [0.1, 0.15) is 36.0 Å². The largest absolute Gasteiger partial charge is 0.377 e. The Morgan fingerprint density at radius 2 is 1.59 bits per heavy atom. The minimum atomic E-state index is -1.40. The Morgan fingerprint density at radius 1 is 0.906 bits per heavy atom. The molecule has 0 saturated carbocycles. The van der Waals surface area contributed by atoms with E-state index in [1.807, 2.05) is 60.7 Å². The van der Waals surface area contributed by atoms with Crippen molar-refractivity contribution in [2.75, 3.05) is 6.61 Å². The van der Waals surface area contributed by atoms with Crippen LogP contribution in [0.3, 0.4) is 0 Å². The van der Waals surface area contributed by atoms with Crippen LogP contribution in [0.25, 0.3) is 0 Å². The Bertz CT molecular complexity index is 966. The third kappa shape index (κ3) is 6.50. The predicted molar refractivity (Wildman–Crippen MR) is 128 cm³/mol. The minimum absolute atomic E-state index is 0.118. The Balaban J connectivity index is 1.40. The molecule has 0 spiro atoms. The van der Waals surface area contributed by atoms with Gasteiger partial charge in [-0.3, -0.25) is 0 Å². The molecular formula is C27H29BrO4. The number of rotatable bonds is 9. The summed E-state index contributed by atoms with van der Waals surface area (Å²) in [7, 11) is 0. The molecule has 1 fully saturated rings. The van der Waals surface area contributed by atoms with Crippen LogP contribution in [0.2, 0.25) is 0 Å². The fourth-order valence-electron chi connectivity index (χ4n) is 4.05. The van der Waals surface area contributed by atoms with Crippen molar-refractivity contribution >= 4 is 15.9 Å². The van der Waals surface area contributed by atoms with E-state index in [4.69, 9.17) is 14.2 Å². The van der Waals surface area contributed by atoms with Crippen molar-refractivity contribution in [3.05, 3.63) is 106 Å². The Hall–Kier alpha value is -2.02. The second-order valence-corrected chi connectivity index (χ2v) is 9.14. The van der Waals surface area contributed by atoms with Crippen LogP contribution in [-0.2, 0) is 33.2 Å². The monoisotopic (exact) mass is 496 g/mol. The molecule has 1 aliphatic rings. The average molecular weight is 497 g/mol. The number of aliphatic hydroxyl groups is 1. The lowest BCUT2D eigenvalue weighted by Gasteiger charge is -2.41. The zero-order chi connectivity index (χ0) is 22.2. The summed E-state index contributed by atoms with van der Waals surface area (Å²) < 4.78 is 19.2. The van der Waals surface area contributed by atoms with E-state index in [1.54, 1.807) is 0 Å². The molecule has 32 heavy (non-hydrogen) atoms. The van der Waals surface area contributed by atoms with Gasteiger partial charge in [-0.15, -0.1) is 0 Å². The smallest absolute Gasteiger partial charge is 0.195 e. The van der Waals surface area contributed by atoms with E-state index >= 15 is 0 Å². The zero-order valence-corrected chi connectivity index (χ0v) is 19.6. The van der Waals surface area contributed by atoms with Crippen LogP contribution in [0.4, 0.5) is 0 Å². The van der Waals surface area contributed by atoms with Gasteiger partial charge in [-0.2, -0.15) is 0 Å². The molecule has 0 radical (unpaired) electrons. The third-order valence-electron chi connectivity index (χ3n) is 5.69. The first-order valence-corrected chi connectivity index (χ1v) is 11.8. The molecule has 0 amide bonds. The van der Waals surface area contributed by atoms with Crippen molar-refractivity contribution in [2.45, 2.75) is 50.5 Å². The van der Waals surface area contributed by atoms with Gasteiger partial charge in [0, 0.05) is 29.5 Å². The highest BCUT2D eigenvalue weighted by Crippen LogP contribution is 2.38. The first-order chi connectivity index (χ1) is 15.6. The molecule has 1 N–H and O–H groups in total. The highest BCUT2D eigenvalue weighted by Gasteiger charge is 2.42. The lowest BCUT2D eigenvalue weighted by atomic mass is 9.91. The van der Waals surface area contributed by atoms with E-state index in [1.165, 1.54) is 0 Å². The highest BCUT2D eigenvalue weighted by atomic mass is 79.9. The van der Waals surface area contributed by atoms with Gasteiger partial charge >= 0.3 is 0 Å². The normalized spacial score (nSPS) is 23.2. The first-order valence-electron chi connectivity index (χ1n) is 11.0. The quantitative estimate of drug-likeness (QED) is 0.371. The first kappa shape index (κ1) is 23.1. The fourth-order valence-corrected chi connectivity index (χ4v) is 4.44. The molecule has 5 heteroatoms. The standard InChI is InChI=1S/C27H29BrO4/c28-24-13-7-12-23(16-24)27(29)18-26(31-20-22-10-5-2-6-11-22)17-25(32-27)14-15-30-19-21-8-3-1-4-9-21/h1-13,16,25-26,29H,14-15,17-20H2/t25-,26+,27?/m1/s1. The van der Waals surface area contributed by atoms with Crippen molar-refractivity contribution < 1.29 is 19.3 Å². The van der Waals surface area contributed by atoms with Crippen LogP contribution < -0.4 is 0 Å². The van der Waals surface area contributed by atoms with E-state index in [0.29, 0.717) is 32.7 Å². The SMILES string of the molecule is OC1(c2cccc(Br)c2)C[C@@H](OCc2ccccc2)C[C@@H](CCOCc2ccccc2)O1.